The lowest BCUT2D eigenvalue weighted by Gasteiger charge is -2.21. The molecule has 1 N–H and O–H groups in total. The van der Waals surface area contributed by atoms with Gasteiger partial charge in [0.25, 0.3) is 5.78 Å². The number of hydrogen-bond donors (Lipinski definition) is 1. The average Bonchev–Trinajstić information content (AvgIpc) is 3.47. The van der Waals surface area contributed by atoms with E-state index in [0.29, 0.717) is 23.7 Å². The third-order valence-electron chi connectivity index (χ3n) is 4.62. The van der Waals surface area contributed by atoms with E-state index in [1.165, 1.54) is 16.2 Å². The van der Waals surface area contributed by atoms with Gasteiger partial charge in [-0.3, -0.25) is 14.5 Å². The number of Topliss-reactive ketones (excluding diaryl/α,β-unsaturated/α-hetero) is 1. The van der Waals surface area contributed by atoms with E-state index in [4.69, 9.17) is 9.26 Å². The Morgan fingerprint density at radius 1 is 1.33 bits per heavy atom. The van der Waals surface area contributed by atoms with Crippen LogP contribution in [-0.4, -0.2) is 28.6 Å². The molecule has 0 bridgehead atoms. The largest absolute Gasteiger partial charge is 0.507 e. The maximum Gasteiger partial charge on any atom is 0.301 e. The molecule has 1 unspecified atom stereocenters. The summed E-state index contributed by atoms with van der Waals surface area (Å²) < 4.78 is 10.5. The lowest BCUT2D eigenvalue weighted by Crippen LogP contribution is -2.29. The molecule has 8 heteroatoms. The number of ether oxygens (including phenoxy) is 1. The van der Waals surface area contributed by atoms with Crippen LogP contribution >= 0.6 is 11.3 Å². The van der Waals surface area contributed by atoms with Crippen LogP contribution in [0.4, 0.5) is 5.82 Å². The Balaban J connectivity index is 1.81. The number of carbonyl (C=O) groups is 2. The number of hydrogen-bond acceptors (Lipinski definition) is 7. The fourth-order valence-electron chi connectivity index (χ4n) is 3.27. The first kappa shape index (κ1) is 19.7. The molecule has 1 atom stereocenters. The second-order valence-corrected chi connectivity index (χ2v) is 7.58. The van der Waals surface area contributed by atoms with Gasteiger partial charge < -0.3 is 14.4 Å². The van der Waals surface area contributed by atoms with Crippen LogP contribution in [0, 0.1) is 6.92 Å². The van der Waals surface area contributed by atoms with Crippen LogP contribution in [0.2, 0.25) is 0 Å². The predicted molar refractivity (Wildman–Crippen MR) is 112 cm³/mol. The van der Waals surface area contributed by atoms with E-state index >= 15 is 0 Å². The van der Waals surface area contributed by atoms with Crippen LogP contribution in [-0.2, 0) is 9.59 Å². The molecule has 2 aromatic heterocycles. The van der Waals surface area contributed by atoms with Gasteiger partial charge in [0, 0.05) is 16.5 Å². The Labute approximate surface area is 176 Å². The van der Waals surface area contributed by atoms with E-state index < -0.39 is 17.7 Å². The van der Waals surface area contributed by atoms with Gasteiger partial charge in [0.2, 0.25) is 0 Å². The molecule has 1 amide bonds. The molecule has 30 heavy (non-hydrogen) atoms. The summed E-state index contributed by atoms with van der Waals surface area (Å²) in [5.41, 5.74) is 0.403. The molecule has 7 nitrogen and oxygen atoms in total. The number of carbonyl (C=O) groups excluding carboxylic acids is 2. The Bertz CT molecular complexity index is 1130. The van der Waals surface area contributed by atoms with Crippen molar-refractivity contribution in [2.45, 2.75) is 13.0 Å². The maximum atomic E-state index is 12.9. The second kappa shape index (κ2) is 8.00. The van der Waals surface area contributed by atoms with Crippen LogP contribution in [0.15, 0.2) is 70.6 Å². The van der Waals surface area contributed by atoms with E-state index in [2.05, 4.69) is 11.7 Å². The summed E-state index contributed by atoms with van der Waals surface area (Å²) in [5, 5.41) is 16.7. The van der Waals surface area contributed by atoms with Crippen molar-refractivity contribution >= 4 is 34.6 Å². The molecule has 0 aliphatic carbocycles. The Hall–Kier alpha value is -3.65. The van der Waals surface area contributed by atoms with Crippen molar-refractivity contribution in [2.24, 2.45) is 0 Å². The van der Waals surface area contributed by atoms with Crippen LogP contribution in [0.1, 0.15) is 22.2 Å². The first-order valence-electron chi connectivity index (χ1n) is 9.13. The quantitative estimate of drug-likeness (QED) is 0.276. The zero-order valence-electron chi connectivity index (χ0n) is 16.1. The number of aromatic nitrogens is 1. The van der Waals surface area contributed by atoms with E-state index in [0.717, 1.165) is 4.88 Å². The Morgan fingerprint density at radius 2 is 2.10 bits per heavy atom. The van der Waals surface area contributed by atoms with Crippen LogP contribution in [0.3, 0.4) is 0 Å². The second-order valence-electron chi connectivity index (χ2n) is 6.60. The normalized spacial score (nSPS) is 18.0. The van der Waals surface area contributed by atoms with Crippen LogP contribution in [0.5, 0.6) is 5.75 Å². The summed E-state index contributed by atoms with van der Waals surface area (Å²) in [7, 11) is 0. The van der Waals surface area contributed by atoms with E-state index in [-0.39, 0.29) is 17.2 Å². The Morgan fingerprint density at radius 3 is 2.70 bits per heavy atom. The molecule has 0 spiro atoms. The SMILES string of the molecule is C=CCOc1ccc(C(O)=C2C(=O)C(=O)N(c3cc(C)on3)C2c2cccs2)cc1. The van der Waals surface area contributed by atoms with Crippen LogP contribution in [0.25, 0.3) is 5.76 Å². The fraction of sp³-hybridized carbons (Fsp3) is 0.136. The van der Waals surface area contributed by atoms with Gasteiger partial charge in [-0.05, 0) is 42.6 Å². The highest BCUT2D eigenvalue weighted by Crippen LogP contribution is 2.43. The van der Waals surface area contributed by atoms with Gasteiger partial charge in [-0.15, -0.1) is 11.3 Å². The molecule has 1 aliphatic heterocycles. The number of rotatable bonds is 6. The van der Waals surface area contributed by atoms with Gasteiger partial charge >= 0.3 is 5.91 Å². The van der Waals surface area contributed by atoms with Crippen molar-refractivity contribution in [1.29, 1.82) is 0 Å². The number of aliphatic hydroxyl groups is 1. The van der Waals surface area contributed by atoms with Gasteiger partial charge in [-0.1, -0.05) is 23.9 Å². The smallest absolute Gasteiger partial charge is 0.301 e. The first-order chi connectivity index (χ1) is 14.5. The summed E-state index contributed by atoms with van der Waals surface area (Å²) in [6, 6.07) is 11.0. The van der Waals surface area contributed by atoms with Crippen molar-refractivity contribution in [3.8, 4) is 5.75 Å². The van der Waals surface area contributed by atoms with E-state index in [9.17, 15) is 14.7 Å². The molecule has 1 aliphatic rings. The summed E-state index contributed by atoms with van der Waals surface area (Å²) in [6.07, 6.45) is 1.63. The van der Waals surface area contributed by atoms with Gasteiger partial charge in [-0.25, -0.2) is 0 Å². The van der Waals surface area contributed by atoms with Crippen molar-refractivity contribution in [2.75, 3.05) is 11.5 Å². The monoisotopic (exact) mass is 422 g/mol. The molecule has 0 saturated carbocycles. The summed E-state index contributed by atoms with van der Waals surface area (Å²) >= 11 is 1.38. The zero-order chi connectivity index (χ0) is 21.3. The van der Waals surface area contributed by atoms with Gasteiger partial charge in [0.1, 0.15) is 29.9 Å². The molecule has 0 radical (unpaired) electrons. The molecular formula is C22H18N2O5S. The van der Waals surface area contributed by atoms with E-state index in [1.54, 1.807) is 49.4 Å². The molecule has 1 fully saturated rings. The molecule has 3 aromatic rings. The molecule has 1 aromatic carbocycles. The minimum atomic E-state index is -0.800. The predicted octanol–water partition coefficient (Wildman–Crippen LogP) is 4.24. The number of anilines is 1. The van der Waals surface area contributed by atoms with Gasteiger partial charge in [0.15, 0.2) is 5.82 Å². The molecule has 152 valence electrons. The standard InChI is InChI=1S/C22H18N2O5S/c1-3-10-28-15-8-6-14(7-9-15)20(25)18-19(16-5-4-11-30-16)24(22(27)21(18)26)17-12-13(2)29-23-17/h3-9,11-12,19,25H,1,10H2,2H3. The number of benzene rings is 1. The molecule has 4 rings (SSSR count). The fourth-order valence-corrected chi connectivity index (χ4v) is 4.09. The summed E-state index contributed by atoms with van der Waals surface area (Å²) in [6.45, 7) is 5.65. The lowest BCUT2D eigenvalue weighted by molar-refractivity contribution is -0.132. The van der Waals surface area contributed by atoms with Gasteiger partial charge in [0.05, 0.1) is 5.57 Å². The van der Waals surface area contributed by atoms with Gasteiger partial charge in [-0.2, -0.15) is 0 Å². The highest BCUT2D eigenvalue weighted by Gasteiger charge is 2.48. The number of ketones is 1. The van der Waals surface area contributed by atoms with Crippen molar-refractivity contribution in [1.82, 2.24) is 5.16 Å². The number of amides is 1. The minimum absolute atomic E-state index is 0.00265. The Kier molecular flexibility index (Phi) is 5.24. The highest BCUT2D eigenvalue weighted by atomic mass is 32.1. The van der Waals surface area contributed by atoms with Crippen LogP contribution < -0.4 is 9.64 Å². The number of thiophene rings is 1. The number of aliphatic hydroxyl groups excluding tert-OH is 1. The third-order valence-corrected chi connectivity index (χ3v) is 5.54. The zero-order valence-corrected chi connectivity index (χ0v) is 16.9. The minimum Gasteiger partial charge on any atom is -0.507 e. The average molecular weight is 422 g/mol. The highest BCUT2D eigenvalue weighted by molar-refractivity contribution is 7.10. The molecular weight excluding hydrogens is 404 g/mol. The third kappa shape index (κ3) is 3.42. The maximum absolute atomic E-state index is 12.9. The molecule has 1 saturated heterocycles. The molecule has 3 heterocycles. The first-order valence-corrected chi connectivity index (χ1v) is 10.0. The van der Waals surface area contributed by atoms with Crippen molar-refractivity contribution in [3.05, 3.63) is 82.3 Å². The van der Waals surface area contributed by atoms with Crippen molar-refractivity contribution < 1.29 is 24.0 Å². The summed E-state index contributed by atoms with van der Waals surface area (Å²) in [4.78, 5) is 27.8. The lowest BCUT2D eigenvalue weighted by atomic mass is 10.00. The summed E-state index contributed by atoms with van der Waals surface area (Å²) in [5.74, 6) is -0.482. The van der Waals surface area contributed by atoms with Crippen molar-refractivity contribution in [3.63, 3.8) is 0 Å². The topological polar surface area (TPSA) is 92.9 Å². The van der Waals surface area contributed by atoms with E-state index in [1.807, 2.05) is 11.4 Å². The number of aryl methyl sites for hydroxylation is 1. The number of nitrogens with zero attached hydrogens (tertiary/aromatic N) is 2.